The third kappa shape index (κ3) is 6.68. The van der Waals surface area contributed by atoms with Crippen molar-refractivity contribution in [2.75, 3.05) is 18.6 Å². The maximum Gasteiger partial charge on any atom is 0.203 e. The van der Waals surface area contributed by atoms with E-state index in [4.69, 9.17) is 9.84 Å². The fourth-order valence-corrected chi connectivity index (χ4v) is 6.54. The van der Waals surface area contributed by atoms with Crippen LogP contribution in [0.1, 0.15) is 78.2 Å². The van der Waals surface area contributed by atoms with Gasteiger partial charge in [-0.15, -0.1) is 10.2 Å². The highest BCUT2D eigenvalue weighted by Crippen LogP contribution is 2.40. The van der Waals surface area contributed by atoms with Gasteiger partial charge in [-0.05, 0) is 79.8 Å². The average Bonchev–Trinajstić information content (AvgIpc) is 3.70. The van der Waals surface area contributed by atoms with E-state index >= 15 is 0 Å². The number of benzene rings is 2. The van der Waals surface area contributed by atoms with Gasteiger partial charge >= 0.3 is 0 Å². The van der Waals surface area contributed by atoms with Crippen LogP contribution in [0.15, 0.2) is 102 Å². The van der Waals surface area contributed by atoms with Gasteiger partial charge in [-0.25, -0.2) is 0 Å². The number of ether oxygens (including phenoxy) is 1. The van der Waals surface area contributed by atoms with Gasteiger partial charge in [0.05, 0.1) is 7.11 Å². The Morgan fingerprint density at radius 3 is 2.35 bits per heavy atom. The lowest BCUT2D eigenvalue weighted by molar-refractivity contribution is 0.416. The Hall–Kier alpha value is -5.04. The molecule has 246 valence electrons. The van der Waals surface area contributed by atoms with Gasteiger partial charge in [0.2, 0.25) is 5.82 Å². The monoisotopic (exact) mass is 638 g/mol. The Morgan fingerprint density at radius 1 is 0.833 bits per heavy atom. The van der Waals surface area contributed by atoms with Gasteiger partial charge in [-0.2, -0.15) is 9.61 Å². The van der Waals surface area contributed by atoms with E-state index in [1.54, 1.807) is 17.8 Å². The zero-order valence-corrected chi connectivity index (χ0v) is 28.9. The number of nitrogens with zero attached hydrogens (tertiary/aromatic N) is 6. The molecule has 1 aliphatic heterocycles. The van der Waals surface area contributed by atoms with Crippen LogP contribution in [0.3, 0.4) is 0 Å². The summed E-state index contributed by atoms with van der Waals surface area (Å²) in [6.45, 7) is 10.0. The second-order valence-corrected chi connectivity index (χ2v) is 12.4. The second-order valence-electron chi connectivity index (χ2n) is 12.4. The zero-order chi connectivity index (χ0) is 33.5. The van der Waals surface area contributed by atoms with E-state index in [2.05, 4.69) is 90.3 Å². The Bertz CT molecular complexity index is 2020. The first-order chi connectivity index (χ1) is 23.5. The molecule has 4 heterocycles. The van der Waals surface area contributed by atoms with Gasteiger partial charge < -0.3 is 9.64 Å². The van der Waals surface area contributed by atoms with Crippen molar-refractivity contribution in [2.24, 2.45) is 0 Å². The maximum atomic E-state index is 5.77. The summed E-state index contributed by atoms with van der Waals surface area (Å²) in [4.78, 5) is 7.04. The van der Waals surface area contributed by atoms with E-state index in [0.29, 0.717) is 11.5 Å². The standard InChI is InChI=1S/C41H46N6O/c1-6-8-9-10-11-18-27-46-30(4)29(3)32(33-19-12-14-22-37(33)46)25-24-31(7-2)28-35-39(34-20-13-15-23-38(34)48-5)45-47-40(35)43-44-41(47)36-21-16-17-26-42-36/h12-17,19-26,28H,6-11,18,27H2,1-5H3/b31-24-,32-25+,35-28-. The van der Waals surface area contributed by atoms with Crippen molar-refractivity contribution in [1.82, 2.24) is 24.8 Å². The molecule has 0 N–H and O–H groups in total. The Morgan fingerprint density at radius 2 is 1.58 bits per heavy atom. The number of anilines is 1. The van der Waals surface area contributed by atoms with Crippen LogP contribution in [0.2, 0.25) is 0 Å². The Labute approximate surface area is 284 Å². The molecule has 2 aromatic carbocycles. The molecule has 1 aliphatic rings. The topological polar surface area (TPSA) is 68.4 Å². The van der Waals surface area contributed by atoms with Crippen LogP contribution >= 0.6 is 0 Å². The minimum absolute atomic E-state index is 0.603. The number of hydrogen-bond donors (Lipinski definition) is 0. The number of aromatic nitrogens is 5. The summed E-state index contributed by atoms with van der Waals surface area (Å²) in [6, 6.07) is 22.6. The molecular formula is C41H46N6O. The molecule has 5 aromatic rings. The first-order valence-electron chi connectivity index (χ1n) is 17.3. The average molecular weight is 639 g/mol. The van der Waals surface area contributed by atoms with E-state index < -0.39 is 0 Å². The van der Waals surface area contributed by atoms with Crippen LogP contribution in [0.4, 0.5) is 5.69 Å². The second kappa shape index (κ2) is 15.2. The summed E-state index contributed by atoms with van der Waals surface area (Å²) in [5.74, 6) is 1.36. The van der Waals surface area contributed by atoms with Crippen molar-refractivity contribution in [3.05, 3.63) is 113 Å². The van der Waals surface area contributed by atoms with Crippen molar-refractivity contribution in [2.45, 2.75) is 72.6 Å². The van der Waals surface area contributed by atoms with Crippen LogP contribution in [0, 0.1) is 0 Å². The van der Waals surface area contributed by atoms with Gasteiger partial charge in [0, 0.05) is 40.5 Å². The maximum absolute atomic E-state index is 5.77. The molecule has 7 nitrogen and oxygen atoms in total. The van der Waals surface area contributed by atoms with Crippen LogP contribution < -0.4 is 14.9 Å². The molecule has 0 amide bonds. The number of fused-ring (bicyclic) bond motifs is 2. The molecule has 0 saturated heterocycles. The first-order valence-corrected chi connectivity index (χ1v) is 17.3. The zero-order valence-electron chi connectivity index (χ0n) is 28.9. The lowest BCUT2D eigenvalue weighted by Crippen LogP contribution is -2.27. The molecule has 48 heavy (non-hydrogen) atoms. The lowest BCUT2D eigenvalue weighted by atomic mass is 9.90. The normalized spacial score (nSPS) is 14.8. The number of para-hydroxylation sites is 2. The van der Waals surface area contributed by atoms with Crippen molar-refractivity contribution in [3.63, 3.8) is 0 Å². The molecule has 0 spiro atoms. The molecule has 0 fully saturated rings. The summed E-state index contributed by atoms with van der Waals surface area (Å²) in [6.07, 6.45) is 17.1. The number of hydrogen-bond acceptors (Lipinski definition) is 6. The third-order valence-electron chi connectivity index (χ3n) is 9.37. The summed E-state index contributed by atoms with van der Waals surface area (Å²) in [5, 5.41) is 15.1. The van der Waals surface area contributed by atoms with Crippen LogP contribution in [0.25, 0.3) is 40.1 Å². The molecule has 6 rings (SSSR count). The number of unbranched alkanes of at least 4 members (excludes halogenated alkanes) is 5. The summed E-state index contributed by atoms with van der Waals surface area (Å²) in [5.41, 5.74) is 10.7. The van der Waals surface area contributed by atoms with E-state index in [0.717, 1.165) is 46.5 Å². The lowest BCUT2D eigenvalue weighted by Gasteiger charge is -2.35. The number of allylic oxidation sites excluding steroid dienone is 6. The number of rotatable bonds is 13. The largest absolute Gasteiger partial charge is 0.496 e. The highest BCUT2D eigenvalue weighted by molar-refractivity contribution is 5.91. The molecule has 0 atom stereocenters. The minimum atomic E-state index is 0.603. The molecule has 0 radical (unpaired) electrons. The first kappa shape index (κ1) is 32.9. The Kier molecular flexibility index (Phi) is 10.4. The van der Waals surface area contributed by atoms with Crippen molar-refractivity contribution >= 4 is 23.0 Å². The number of methoxy groups -OCH3 is 1. The van der Waals surface area contributed by atoms with Crippen molar-refractivity contribution in [1.29, 1.82) is 0 Å². The highest BCUT2D eigenvalue weighted by atomic mass is 16.5. The van der Waals surface area contributed by atoms with Crippen LogP contribution in [0.5, 0.6) is 5.75 Å². The van der Waals surface area contributed by atoms with Gasteiger partial charge in [-0.1, -0.05) is 94.5 Å². The molecule has 7 heteroatoms. The fourth-order valence-electron chi connectivity index (χ4n) is 6.54. The molecule has 0 aliphatic carbocycles. The molecule has 0 bridgehead atoms. The highest BCUT2D eigenvalue weighted by Gasteiger charge is 2.24. The quantitative estimate of drug-likeness (QED) is 0.120. The number of pyridine rings is 1. The fraction of sp³-hybridized carbons (Fsp3) is 0.317. The van der Waals surface area contributed by atoms with Crippen molar-refractivity contribution < 1.29 is 4.74 Å². The van der Waals surface area contributed by atoms with Crippen LogP contribution in [-0.4, -0.2) is 38.4 Å². The third-order valence-corrected chi connectivity index (χ3v) is 9.37. The molecule has 0 saturated carbocycles. The molecule has 3 aromatic heterocycles. The molecular weight excluding hydrogens is 592 g/mol. The predicted molar refractivity (Wildman–Crippen MR) is 198 cm³/mol. The van der Waals surface area contributed by atoms with Gasteiger partial charge in [0.1, 0.15) is 17.1 Å². The van der Waals surface area contributed by atoms with Gasteiger partial charge in [0.15, 0.2) is 5.65 Å². The van der Waals surface area contributed by atoms with Gasteiger partial charge in [-0.3, -0.25) is 4.98 Å². The van der Waals surface area contributed by atoms with E-state index in [-0.39, 0.29) is 0 Å². The Balaban J connectivity index is 1.42. The minimum Gasteiger partial charge on any atom is -0.496 e. The SMILES string of the molecule is CCCCCCCCN1C(C)=C(C)\C(=C/C=C(\C=c2\c(-c3ccccc3OC)nn3c(-c4ccccn4)nnc23)CC)c2ccccc21. The summed E-state index contributed by atoms with van der Waals surface area (Å²) >= 11 is 0. The predicted octanol–water partition coefficient (Wildman–Crippen LogP) is 9.26. The van der Waals surface area contributed by atoms with E-state index in [9.17, 15) is 0 Å². The van der Waals surface area contributed by atoms with Gasteiger partial charge in [0.25, 0.3) is 0 Å². The molecule has 0 unspecified atom stereocenters. The summed E-state index contributed by atoms with van der Waals surface area (Å²) in [7, 11) is 1.69. The van der Waals surface area contributed by atoms with E-state index in [1.165, 1.54) is 66.6 Å². The van der Waals surface area contributed by atoms with Crippen LogP contribution in [-0.2, 0) is 0 Å². The van der Waals surface area contributed by atoms with E-state index in [1.807, 2.05) is 42.5 Å². The van der Waals surface area contributed by atoms with Crippen molar-refractivity contribution in [3.8, 4) is 28.5 Å². The smallest absolute Gasteiger partial charge is 0.203 e. The summed E-state index contributed by atoms with van der Waals surface area (Å²) < 4.78 is 7.57.